The second-order valence-electron chi connectivity index (χ2n) is 5.89. The molecule has 1 heterocycles. The molecule has 5 nitrogen and oxygen atoms in total. The van der Waals surface area contributed by atoms with E-state index < -0.39 is 16.1 Å². The van der Waals surface area contributed by atoms with Gasteiger partial charge < -0.3 is 9.84 Å². The third kappa shape index (κ3) is 2.58. The number of fused-ring (bicyclic) bond motifs is 2. The van der Waals surface area contributed by atoms with E-state index in [4.69, 9.17) is 4.74 Å². The van der Waals surface area contributed by atoms with Crippen LogP contribution >= 0.6 is 0 Å². The van der Waals surface area contributed by atoms with Crippen molar-refractivity contribution in [3.8, 4) is 11.5 Å². The van der Waals surface area contributed by atoms with Crippen LogP contribution in [0.4, 0.5) is 5.69 Å². The Kier molecular flexibility index (Phi) is 3.83. The Hall–Kier alpha value is -3.01. The van der Waals surface area contributed by atoms with Gasteiger partial charge in [-0.05, 0) is 36.4 Å². The quantitative estimate of drug-likeness (QED) is 0.757. The van der Waals surface area contributed by atoms with Crippen molar-refractivity contribution in [3.63, 3.8) is 0 Å². The molecule has 0 aromatic heterocycles. The molecular weight excluding hydrogens is 350 g/mol. The predicted molar refractivity (Wildman–Crippen MR) is 96.7 cm³/mol. The first-order chi connectivity index (χ1) is 12.5. The lowest BCUT2D eigenvalue weighted by Crippen LogP contribution is -2.26. The first kappa shape index (κ1) is 16.5. The van der Waals surface area contributed by atoms with Crippen molar-refractivity contribution in [2.75, 3.05) is 11.4 Å². The average Bonchev–Trinajstić information content (AvgIpc) is 2.72. The maximum atomic E-state index is 13.1. The van der Waals surface area contributed by atoms with Crippen molar-refractivity contribution in [2.24, 2.45) is 0 Å². The van der Waals surface area contributed by atoms with E-state index in [2.05, 4.69) is 12.1 Å². The number of aliphatic hydroxyl groups is 1. The van der Waals surface area contributed by atoms with Gasteiger partial charge in [0.2, 0.25) is 0 Å². The fourth-order valence-electron chi connectivity index (χ4n) is 3.00. The van der Waals surface area contributed by atoms with Gasteiger partial charge >= 0.3 is 0 Å². The van der Waals surface area contributed by atoms with Gasteiger partial charge in [-0.1, -0.05) is 30.3 Å². The zero-order chi connectivity index (χ0) is 18.3. The number of anilines is 1. The highest BCUT2D eigenvalue weighted by Crippen LogP contribution is 2.41. The third-order valence-corrected chi connectivity index (χ3v) is 6.17. The molecule has 1 N–H and O–H groups in total. The number of hydrogen-bond donors (Lipinski definition) is 1. The van der Waals surface area contributed by atoms with Crippen molar-refractivity contribution < 1.29 is 18.3 Å². The first-order valence-corrected chi connectivity index (χ1v) is 9.38. The highest BCUT2D eigenvalue weighted by Gasteiger charge is 2.34. The van der Waals surface area contributed by atoms with Gasteiger partial charge in [0.15, 0.2) is 5.75 Å². The van der Waals surface area contributed by atoms with Crippen molar-refractivity contribution in [2.45, 2.75) is 11.0 Å². The summed E-state index contributed by atoms with van der Waals surface area (Å²) in [6, 6.07) is 22.3. The van der Waals surface area contributed by atoms with Crippen molar-refractivity contribution in [1.29, 1.82) is 0 Å². The van der Waals surface area contributed by atoms with Crippen molar-refractivity contribution in [1.82, 2.24) is 0 Å². The maximum absolute atomic E-state index is 13.1. The Balaban J connectivity index is 1.86. The van der Waals surface area contributed by atoms with Gasteiger partial charge in [-0.2, -0.15) is 0 Å². The summed E-state index contributed by atoms with van der Waals surface area (Å²) in [6.07, 6.45) is -1.05. The van der Waals surface area contributed by atoms with Crippen LogP contribution < -0.4 is 9.04 Å². The zero-order valence-corrected chi connectivity index (χ0v) is 14.7. The molecular formula is C20H15NO4S. The summed E-state index contributed by atoms with van der Waals surface area (Å²) in [5.41, 5.74) is 1.31. The molecule has 0 saturated carbocycles. The second kappa shape index (κ2) is 6.06. The minimum atomic E-state index is -3.84. The summed E-state index contributed by atoms with van der Waals surface area (Å²) in [5, 5.41) is 10.8. The number of rotatable bonds is 2. The molecule has 0 spiro atoms. The summed E-state index contributed by atoms with van der Waals surface area (Å²) in [6.45, 7) is 0. The number of hydrogen-bond acceptors (Lipinski definition) is 4. The van der Waals surface area contributed by atoms with Crippen LogP contribution in [0, 0.1) is 12.1 Å². The van der Waals surface area contributed by atoms with Gasteiger partial charge in [-0.15, -0.1) is 0 Å². The maximum Gasteiger partial charge on any atom is 0.264 e. The van der Waals surface area contributed by atoms with Crippen LogP contribution in [-0.4, -0.2) is 20.6 Å². The third-order valence-electron chi connectivity index (χ3n) is 4.34. The summed E-state index contributed by atoms with van der Waals surface area (Å²) >= 11 is 0. The average molecular weight is 365 g/mol. The zero-order valence-electron chi connectivity index (χ0n) is 13.9. The molecule has 26 heavy (non-hydrogen) atoms. The van der Waals surface area contributed by atoms with Crippen LogP contribution in [0.1, 0.15) is 17.2 Å². The van der Waals surface area contributed by atoms with E-state index in [1.807, 2.05) is 0 Å². The van der Waals surface area contributed by atoms with E-state index in [9.17, 15) is 13.5 Å². The van der Waals surface area contributed by atoms with Crippen LogP contribution in [0.5, 0.6) is 11.5 Å². The molecule has 3 aromatic carbocycles. The fraction of sp³-hybridized carbons (Fsp3) is 0.100. The molecule has 0 aliphatic carbocycles. The molecule has 0 bridgehead atoms. The Bertz CT molecular complexity index is 1060. The van der Waals surface area contributed by atoms with E-state index in [1.165, 1.54) is 17.4 Å². The number of benzene rings is 2. The Morgan fingerprint density at radius 1 is 1.08 bits per heavy atom. The van der Waals surface area contributed by atoms with Crippen LogP contribution in [0.3, 0.4) is 0 Å². The van der Waals surface area contributed by atoms with Gasteiger partial charge in [0.25, 0.3) is 10.0 Å². The summed E-state index contributed by atoms with van der Waals surface area (Å²) in [4.78, 5) is 0.0149. The normalized spacial score (nSPS) is 17.5. The molecule has 1 atom stereocenters. The van der Waals surface area contributed by atoms with E-state index >= 15 is 0 Å². The molecule has 1 aliphatic heterocycles. The van der Waals surface area contributed by atoms with Gasteiger partial charge in [-0.3, -0.25) is 4.31 Å². The monoisotopic (exact) mass is 365 g/mol. The number of sulfonamides is 1. The van der Waals surface area contributed by atoms with Gasteiger partial charge in [-0.25, -0.2) is 8.42 Å². The van der Waals surface area contributed by atoms with Crippen LogP contribution in [-0.2, 0) is 10.0 Å². The van der Waals surface area contributed by atoms with Crippen LogP contribution in [0.25, 0.3) is 0 Å². The standard InChI is InChI=1S/C20H15NO4S/c1-21-18-10-6-5-9-16(18)20(22)17-12-11-15(13-19(17)26(21,23)24)25-14-7-3-2-4-8-14/h2-3,5-7,9-13,20,22H,1H3. The number of nitrogens with zero attached hydrogens (tertiary/aromatic N) is 1. The SMILES string of the molecule is CN1c2ccccc2C(O)c2ccc(Oc3c#cccc3)cc2S1(=O)=O. The van der Waals surface area contributed by atoms with Crippen LogP contribution in [0.2, 0.25) is 0 Å². The number of aliphatic hydroxyl groups excluding tert-OH is 1. The lowest BCUT2D eigenvalue weighted by molar-refractivity contribution is 0.218. The van der Waals surface area contributed by atoms with Crippen molar-refractivity contribution in [3.05, 3.63) is 83.9 Å². The summed E-state index contributed by atoms with van der Waals surface area (Å²) < 4.78 is 33.0. The van der Waals surface area contributed by atoms with Gasteiger partial charge in [0, 0.05) is 24.2 Å². The van der Waals surface area contributed by atoms with E-state index in [0.717, 1.165) is 0 Å². The summed E-state index contributed by atoms with van der Waals surface area (Å²) in [7, 11) is -2.37. The van der Waals surface area contributed by atoms with Gasteiger partial charge in [0.1, 0.15) is 11.9 Å². The topological polar surface area (TPSA) is 66.8 Å². The molecule has 1 unspecified atom stereocenters. The number of para-hydroxylation sites is 1. The smallest absolute Gasteiger partial charge is 0.264 e. The molecule has 1 aliphatic rings. The molecule has 0 saturated heterocycles. The van der Waals surface area contributed by atoms with E-state index in [-0.39, 0.29) is 4.90 Å². The Morgan fingerprint density at radius 2 is 1.88 bits per heavy atom. The molecule has 0 radical (unpaired) electrons. The number of ether oxygens (including phenoxy) is 1. The minimum absolute atomic E-state index is 0.0149. The predicted octanol–water partition coefficient (Wildman–Crippen LogP) is 3.30. The highest BCUT2D eigenvalue weighted by atomic mass is 32.2. The highest BCUT2D eigenvalue weighted by molar-refractivity contribution is 7.92. The van der Waals surface area contributed by atoms with E-state index in [1.54, 1.807) is 54.6 Å². The lowest BCUT2D eigenvalue weighted by atomic mass is 10.00. The van der Waals surface area contributed by atoms with Gasteiger partial charge in [0.05, 0.1) is 10.6 Å². The molecule has 6 heteroatoms. The fourth-order valence-corrected chi connectivity index (χ4v) is 4.46. The largest absolute Gasteiger partial charge is 0.448 e. The van der Waals surface area contributed by atoms with Crippen LogP contribution in [0.15, 0.2) is 65.6 Å². The Morgan fingerprint density at radius 3 is 2.65 bits per heavy atom. The molecule has 130 valence electrons. The second-order valence-corrected chi connectivity index (χ2v) is 7.83. The Labute approximate surface area is 152 Å². The summed E-state index contributed by atoms with van der Waals surface area (Å²) in [5.74, 6) is 0.769. The molecule has 0 amide bonds. The van der Waals surface area contributed by atoms with E-state index in [0.29, 0.717) is 28.3 Å². The molecule has 4 rings (SSSR count). The molecule has 3 aromatic rings. The molecule has 0 fully saturated rings. The van der Waals surface area contributed by atoms with Crippen molar-refractivity contribution >= 4 is 15.7 Å². The minimum Gasteiger partial charge on any atom is -0.448 e. The lowest BCUT2D eigenvalue weighted by Gasteiger charge is -2.19. The first-order valence-electron chi connectivity index (χ1n) is 7.94.